The summed E-state index contributed by atoms with van der Waals surface area (Å²) in [5.74, 6) is -2.34. The van der Waals surface area contributed by atoms with Gasteiger partial charge in [0.05, 0.1) is 13.2 Å². The van der Waals surface area contributed by atoms with Gasteiger partial charge in [-0.2, -0.15) is 0 Å². The van der Waals surface area contributed by atoms with Crippen molar-refractivity contribution < 1.29 is 28.7 Å². The number of aryl methyl sites for hydroxylation is 1. The van der Waals surface area contributed by atoms with Crippen molar-refractivity contribution >= 4 is 23.8 Å². The minimum absolute atomic E-state index is 0.0558. The second kappa shape index (κ2) is 10.8. The summed E-state index contributed by atoms with van der Waals surface area (Å²) in [5.41, 5.74) is 1.37. The van der Waals surface area contributed by atoms with Crippen molar-refractivity contribution in [3.63, 3.8) is 0 Å². The van der Waals surface area contributed by atoms with Gasteiger partial charge in [0.2, 0.25) is 11.9 Å². The molecule has 1 aromatic carbocycles. The van der Waals surface area contributed by atoms with E-state index < -0.39 is 23.9 Å². The Labute approximate surface area is 168 Å². The number of aromatic nitrogens is 1. The van der Waals surface area contributed by atoms with Crippen molar-refractivity contribution in [2.45, 2.75) is 32.7 Å². The minimum atomic E-state index is -1.48. The number of ether oxygens (including phenoxy) is 2. The van der Waals surface area contributed by atoms with Crippen molar-refractivity contribution in [1.82, 2.24) is 9.88 Å². The maximum Gasteiger partial charge on any atom is 0.340 e. The van der Waals surface area contributed by atoms with Gasteiger partial charge in [-0.3, -0.25) is 14.2 Å². The smallest absolute Gasteiger partial charge is 0.340 e. The molecule has 29 heavy (non-hydrogen) atoms. The summed E-state index contributed by atoms with van der Waals surface area (Å²) in [6.07, 6.45) is 3.77. The number of nitrogens with zero attached hydrogens (tertiary/aromatic N) is 1. The van der Waals surface area contributed by atoms with Crippen molar-refractivity contribution in [2.75, 3.05) is 13.2 Å². The first-order chi connectivity index (χ1) is 14.0. The zero-order valence-corrected chi connectivity index (χ0v) is 16.4. The van der Waals surface area contributed by atoms with Crippen LogP contribution in [0, 0.1) is 0 Å². The zero-order valence-electron chi connectivity index (χ0n) is 16.4. The molecule has 0 atom stereocenters. The van der Waals surface area contributed by atoms with Crippen LogP contribution < -0.4 is 5.32 Å². The Balaban J connectivity index is 1.92. The quantitative estimate of drug-likeness (QED) is 0.508. The van der Waals surface area contributed by atoms with Crippen LogP contribution in [0.5, 0.6) is 0 Å². The maximum absolute atomic E-state index is 12.3. The van der Waals surface area contributed by atoms with E-state index in [1.807, 2.05) is 0 Å². The van der Waals surface area contributed by atoms with E-state index in [9.17, 15) is 19.2 Å². The molecule has 2 rings (SSSR count). The number of carbonyl (C=O) groups is 4. The van der Waals surface area contributed by atoms with Gasteiger partial charge in [0.25, 0.3) is 5.91 Å². The Morgan fingerprint density at radius 3 is 2.00 bits per heavy atom. The molecule has 0 bridgehead atoms. The predicted octanol–water partition coefficient (Wildman–Crippen LogP) is 1.72. The molecule has 1 heterocycles. The first-order valence-electron chi connectivity index (χ1n) is 9.35. The molecule has 2 aromatic rings. The zero-order chi connectivity index (χ0) is 21.2. The lowest BCUT2D eigenvalue weighted by Crippen LogP contribution is -2.48. The highest BCUT2D eigenvalue weighted by Gasteiger charge is 2.31. The van der Waals surface area contributed by atoms with Crippen molar-refractivity contribution in [1.29, 1.82) is 0 Å². The highest BCUT2D eigenvalue weighted by Crippen LogP contribution is 2.09. The van der Waals surface area contributed by atoms with Gasteiger partial charge >= 0.3 is 11.9 Å². The van der Waals surface area contributed by atoms with E-state index in [0.29, 0.717) is 12.0 Å². The van der Waals surface area contributed by atoms with Crippen LogP contribution in [0.1, 0.15) is 36.2 Å². The van der Waals surface area contributed by atoms with Gasteiger partial charge in [0.15, 0.2) is 0 Å². The molecule has 0 fully saturated rings. The number of amides is 1. The highest BCUT2D eigenvalue weighted by atomic mass is 16.6. The van der Waals surface area contributed by atoms with Crippen LogP contribution in [0.25, 0.3) is 0 Å². The molecule has 0 radical (unpaired) electrons. The Kier molecular flexibility index (Phi) is 8.14. The van der Waals surface area contributed by atoms with E-state index in [1.165, 1.54) is 4.57 Å². The van der Waals surface area contributed by atoms with E-state index in [4.69, 9.17) is 9.47 Å². The van der Waals surface area contributed by atoms with E-state index >= 15 is 0 Å². The molecule has 1 N–H and O–H groups in total. The first kappa shape index (κ1) is 21.9. The third-order valence-electron chi connectivity index (χ3n) is 4.03. The average Bonchev–Trinajstić information content (AvgIpc) is 3.25. The maximum atomic E-state index is 12.3. The number of hydrogen-bond donors (Lipinski definition) is 1. The van der Waals surface area contributed by atoms with Crippen LogP contribution in [0.15, 0.2) is 48.8 Å². The fourth-order valence-electron chi connectivity index (χ4n) is 2.59. The molecule has 1 amide bonds. The summed E-state index contributed by atoms with van der Waals surface area (Å²) in [5, 5.41) is 2.36. The van der Waals surface area contributed by atoms with Gasteiger partial charge < -0.3 is 14.8 Å². The summed E-state index contributed by atoms with van der Waals surface area (Å²) in [4.78, 5) is 48.2. The van der Waals surface area contributed by atoms with Gasteiger partial charge in [-0.15, -0.1) is 0 Å². The lowest BCUT2D eigenvalue weighted by Gasteiger charge is -2.15. The Bertz CT molecular complexity index is 825. The van der Waals surface area contributed by atoms with Crippen LogP contribution in [-0.2, 0) is 30.3 Å². The van der Waals surface area contributed by atoms with Crippen LogP contribution in [0.3, 0.4) is 0 Å². The van der Waals surface area contributed by atoms with E-state index in [2.05, 4.69) is 5.32 Å². The molecule has 0 aliphatic carbocycles. The second-order valence-electron chi connectivity index (χ2n) is 6.10. The lowest BCUT2D eigenvalue weighted by atomic mass is 10.1. The topological polar surface area (TPSA) is 104 Å². The number of nitrogens with one attached hydrogen (secondary N) is 1. The number of rotatable bonds is 9. The van der Waals surface area contributed by atoms with Crippen molar-refractivity contribution in [3.8, 4) is 0 Å². The monoisotopic (exact) mass is 400 g/mol. The normalized spacial score (nSPS) is 10.4. The van der Waals surface area contributed by atoms with E-state index in [-0.39, 0.29) is 25.5 Å². The fraction of sp³-hybridized carbons (Fsp3) is 0.333. The van der Waals surface area contributed by atoms with Gasteiger partial charge in [-0.25, -0.2) is 9.59 Å². The molecule has 0 saturated carbocycles. The molecule has 0 aliphatic rings. The molecular formula is C21H24N2O6. The minimum Gasteiger partial charge on any atom is -0.464 e. The fourth-order valence-corrected chi connectivity index (χ4v) is 2.59. The molecule has 0 spiro atoms. The Hall–Kier alpha value is -3.42. The number of hydrogen-bond acceptors (Lipinski definition) is 6. The molecule has 1 aromatic heterocycles. The van der Waals surface area contributed by atoms with E-state index in [1.54, 1.807) is 62.6 Å². The molecule has 0 aliphatic heterocycles. The standard InChI is InChI=1S/C21H24N2O6/c1-3-28-20(26)18(21(27)29-4-2)22-17(24)12-9-15-7-10-16(11-8-15)19(25)23-13-5-6-14-23/h5-8,10-11,13-14,18H,3-4,9,12H2,1-2H3,(H,22,24). The molecule has 8 heteroatoms. The summed E-state index contributed by atoms with van der Waals surface area (Å²) in [7, 11) is 0. The van der Waals surface area contributed by atoms with Crippen LogP contribution >= 0.6 is 0 Å². The predicted molar refractivity (Wildman–Crippen MR) is 104 cm³/mol. The third kappa shape index (κ3) is 6.31. The van der Waals surface area contributed by atoms with Crippen LogP contribution in [0.4, 0.5) is 0 Å². The van der Waals surface area contributed by atoms with Gasteiger partial charge in [0.1, 0.15) is 0 Å². The first-order valence-corrected chi connectivity index (χ1v) is 9.35. The van der Waals surface area contributed by atoms with Gasteiger partial charge in [-0.05, 0) is 50.1 Å². The molecular weight excluding hydrogens is 376 g/mol. The molecule has 8 nitrogen and oxygen atoms in total. The summed E-state index contributed by atoms with van der Waals surface area (Å²) >= 11 is 0. The third-order valence-corrected chi connectivity index (χ3v) is 4.03. The summed E-state index contributed by atoms with van der Waals surface area (Å²) < 4.78 is 11.1. The SMILES string of the molecule is CCOC(=O)C(NC(=O)CCc1ccc(C(=O)n2cccc2)cc1)C(=O)OCC. The van der Waals surface area contributed by atoms with E-state index in [0.717, 1.165) is 5.56 Å². The summed E-state index contributed by atoms with van der Waals surface area (Å²) in [6.45, 7) is 3.37. The van der Waals surface area contributed by atoms with Gasteiger partial charge in [-0.1, -0.05) is 12.1 Å². The highest BCUT2D eigenvalue weighted by molar-refractivity contribution is 6.02. The van der Waals surface area contributed by atoms with Crippen molar-refractivity contribution in [3.05, 3.63) is 59.9 Å². The van der Waals surface area contributed by atoms with Crippen LogP contribution in [-0.4, -0.2) is 47.6 Å². The van der Waals surface area contributed by atoms with Crippen molar-refractivity contribution in [2.24, 2.45) is 0 Å². The summed E-state index contributed by atoms with van der Waals surface area (Å²) in [6, 6.07) is 8.96. The Morgan fingerprint density at radius 1 is 0.931 bits per heavy atom. The average molecular weight is 400 g/mol. The largest absolute Gasteiger partial charge is 0.464 e. The number of esters is 2. The number of carbonyl (C=O) groups excluding carboxylic acids is 4. The van der Waals surface area contributed by atoms with Gasteiger partial charge in [0, 0.05) is 24.4 Å². The number of benzene rings is 1. The Morgan fingerprint density at radius 2 is 1.48 bits per heavy atom. The second-order valence-corrected chi connectivity index (χ2v) is 6.10. The molecule has 0 saturated heterocycles. The molecule has 0 unspecified atom stereocenters. The lowest BCUT2D eigenvalue weighted by molar-refractivity contribution is -0.159. The van der Waals surface area contributed by atoms with Crippen LogP contribution in [0.2, 0.25) is 0 Å². The molecule has 154 valence electrons.